The molecule has 0 radical (unpaired) electrons. The molecule has 1 saturated heterocycles. The molecule has 4 rings (SSSR count). The van der Waals surface area contributed by atoms with Crippen LogP contribution in [0.4, 0.5) is 0 Å². The van der Waals surface area contributed by atoms with E-state index in [1.165, 1.54) is 5.56 Å². The molecule has 1 aliphatic rings. The molecular weight excluding hydrogens is 376 g/mol. The molecule has 0 spiro atoms. The van der Waals surface area contributed by atoms with Crippen LogP contribution in [0.15, 0.2) is 53.1 Å². The molecule has 0 atom stereocenters. The standard InChI is InChI=1S/C22H23ClN2O3/c1-27-18-7-5-15(6-8-18)13-25-11-9-17(10-12-25)24-22(26)21-20-16(14-28-21)3-2-4-19(20)23/h2-8,14,17H,9-13H2,1H3,(H,24,26). The Morgan fingerprint density at radius 2 is 1.96 bits per heavy atom. The van der Waals surface area contributed by atoms with E-state index >= 15 is 0 Å². The molecule has 2 aromatic carbocycles. The lowest BCUT2D eigenvalue weighted by Gasteiger charge is -2.32. The summed E-state index contributed by atoms with van der Waals surface area (Å²) in [7, 11) is 1.67. The highest BCUT2D eigenvalue weighted by molar-refractivity contribution is 6.36. The van der Waals surface area contributed by atoms with Gasteiger partial charge in [0, 0.05) is 31.1 Å². The van der Waals surface area contributed by atoms with Crippen molar-refractivity contribution < 1.29 is 13.9 Å². The molecule has 0 unspecified atom stereocenters. The Bertz CT molecular complexity index is 960. The third-order valence-corrected chi connectivity index (χ3v) is 5.59. The summed E-state index contributed by atoms with van der Waals surface area (Å²) in [5.41, 5.74) is 1.26. The first-order valence-corrected chi connectivity index (χ1v) is 9.83. The number of methoxy groups -OCH3 is 1. The van der Waals surface area contributed by atoms with E-state index in [4.69, 9.17) is 20.8 Å². The Kier molecular flexibility index (Phi) is 5.55. The van der Waals surface area contributed by atoms with Crippen LogP contribution in [0.25, 0.3) is 10.8 Å². The Labute approximate surface area is 169 Å². The van der Waals surface area contributed by atoms with Crippen molar-refractivity contribution in [3.63, 3.8) is 0 Å². The number of hydrogen-bond donors (Lipinski definition) is 1. The fourth-order valence-corrected chi connectivity index (χ4v) is 3.97. The van der Waals surface area contributed by atoms with E-state index in [0.29, 0.717) is 16.2 Å². The van der Waals surface area contributed by atoms with Crippen LogP contribution in [-0.2, 0) is 6.54 Å². The summed E-state index contributed by atoms with van der Waals surface area (Å²) in [6.45, 7) is 2.79. The molecule has 0 saturated carbocycles. The largest absolute Gasteiger partial charge is 0.497 e. The van der Waals surface area contributed by atoms with E-state index in [2.05, 4.69) is 22.3 Å². The number of nitrogens with zero attached hydrogens (tertiary/aromatic N) is 1. The number of nitrogens with one attached hydrogen (secondary N) is 1. The lowest BCUT2D eigenvalue weighted by molar-refractivity contribution is 0.0883. The lowest BCUT2D eigenvalue weighted by Crippen LogP contribution is -2.44. The van der Waals surface area contributed by atoms with Crippen LogP contribution in [0.5, 0.6) is 5.75 Å². The Balaban J connectivity index is 1.33. The molecule has 1 N–H and O–H groups in total. The number of benzene rings is 2. The maximum Gasteiger partial charge on any atom is 0.287 e. The van der Waals surface area contributed by atoms with Gasteiger partial charge in [-0.2, -0.15) is 0 Å². The van der Waals surface area contributed by atoms with E-state index < -0.39 is 0 Å². The van der Waals surface area contributed by atoms with Gasteiger partial charge in [-0.25, -0.2) is 0 Å². The maximum absolute atomic E-state index is 12.7. The minimum absolute atomic E-state index is 0.141. The number of ether oxygens (including phenoxy) is 1. The summed E-state index contributed by atoms with van der Waals surface area (Å²) in [5.74, 6) is 0.966. The summed E-state index contributed by atoms with van der Waals surface area (Å²) in [5, 5.41) is 5.16. The highest BCUT2D eigenvalue weighted by Gasteiger charge is 2.24. The molecular formula is C22H23ClN2O3. The van der Waals surface area contributed by atoms with Crippen molar-refractivity contribution in [1.29, 1.82) is 0 Å². The minimum Gasteiger partial charge on any atom is -0.497 e. The highest BCUT2D eigenvalue weighted by atomic mass is 35.5. The van der Waals surface area contributed by atoms with E-state index in [1.54, 1.807) is 19.4 Å². The number of carbonyl (C=O) groups excluding carboxylic acids is 1. The van der Waals surface area contributed by atoms with Crippen molar-refractivity contribution >= 4 is 28.3 Å². The zero-order valence-corrected chi connectivity index (χ0v) is 16.5. The molecule has 28 heavy (non-hydrogen) atoms. The zero-order valence-electron chi connectivity index (χ0n) is 15.8. The van der Waals surface area contributed by atoms with Crippen LogP contribution in [0, 0.1) is 0 Å². The number of likely N-dealkylation sites (tertiary alicyclic amines) is 1. The predicted octanol–water partition coefficient (Wildman–Crippen LogP) is 4.49. The second-order valence-corrected chi connectivity index (χ2v) is 7.55. The average Bonchev–Trinajstić information content (AvgIpc) is 3.16. The van der Waals surface area contributed by atoms with Crippen molar-refractivity contribution in [1.82, 2.24) is 10.2 Å². The first-order chi connectivity index (χ1) is 13.6. The van der Waals surface area contributed by atoms with Crippen LogP contribution >= 0.6 is 11.6 Å². The van der Waals surface area contributed by atoms with Crippen molar-refractivity contribution in [3.05, 3.63) is 65.1 Å². The van der Waals surface area contributed by atoms with Gasteiger partial charge in [0.15, 0.2) is 0 Å². The summed E-state index contributed by atoms with van der Waals surface area (Å²) in [6, 6.07) is 13.8. The van der Waals surface area contributed by atoms with Gasteiger partial charge in [0.25, 0.3) is 5.91 Å². The van der Waals surface area contributed by atoms with Gasteiger partial charge in [-0.15, -0.1) is 0 Å². The van der Waals surface area contributed by atoms with Gasteiger partial charge in [0.05, 0.1) is 23.8 Å². The van der Waals surface area contributed by atoms with Crippen LogP contribution < -0.4 is 10.1 Å². The van der Waals surface area contributed by atoms with Gasteiger partial charge >= 0.3 is 0 Å². The molecule has 1 aromatic heterocycles. The quantitative estimate of drug-likeness (QED) is 0.688. The smallest absolute Gasteiger partial charge is 0.287 e. The monoisotopic (exact) mass is 398 g/mol. The highest BCUT2D eigenvalue weighted by Crippen LogP contribution is 2.28. The fourth-order valence-electron chi connectivity index (χ4n) is 3.70. The first kappa shape index (κ1) is 18.8. The van der Waals surface area contributed by atoms with E-state index in [1.807, 2.05) is 24.3 Å². The van der Waals surface area contributed by atoms with Crippen LogP contribution in [-0.4, -0.2) is 37.0 Å². The number of halogens is 1. The molecule has 6 heteroatoms. The number of fused-ring (bicyclic) bond motifs is 1. The third kappa shape index (κ3) is 4.01. The lowest BCUT2D eigenvalue weighted by atomic mass is 10.0. The Morgan fingerprint density at radius 1 is 1.21 bits per heavy atom. The number of amides is 1. The predicted molar refractivity (Wildman–Crippen MR) is 110 cm³/mol. The van der Waals surface area contributed by atoms with Crippen LogP contribution in [0.3, 0.4) is 0 Å². The minimum atomic E-state index is -0.197. The summed E-state index contributed by atoms with van der Waals surface area (Å²) in [4.78, 5) is 15.1. The second kappa shape index (κ2) is 8.25. The average molecular weight is 399 g/mol. The van der Waals surface area contributed by atoms with Gasteiger partial charge in [0.2, 0.25) is 5.76 Å². The van der Waals surface area contributed by atoms with Gasteiger partial charge in [-0.05, 0) is 36.6 Å². The molecule has 1 fully saturated rings. The normalized spacial score (nSPS) is 15.6. The number of rotatable bonds is 5. The Hall–Kier alpha value is -2.50. The van der Waals surface area contributed by atoms with Gasteiger partial charge in [-0.1, -0.05) is 35.9 Å². The number of hydrogen-bond acceptors (Lipinski definition) is 4. The van der Waals surface area contributed by atoms with Crippen LogP contribution in [0.1, 0.15) is 29.0 Å². The van der Waals surface area contributed by atoms with Crippen molar-refractivity contribution in [2.75, 3.05) is 20.2 Å². The summed E-state index contributed by atoms with van der Waals surface area (Å²) >= 11 is 6.25. The summed E-state index contributed by atoms with van der Waals surface area (Å²) < 4.78 is 10.7. The molecule has 3 aromatic rings. The first-order valence-electron chi connectivity index (χ1n) is 9.46. The second-order valence-electron chi connectivity index (χ2n) is 7.14. The van der Waals surface area contributed by atoms with Crippen molar-refractivity contribution in [2.45, 2.75) is 25.4 Å². The van der Waals surface area contributed by atoms with Crippen LogP contribution in [0.2, 0.25) is 5.02 Å². The molecule has 1 aliphatic heterocycles. The Morgan fingerprint density at radius 3 is 2.68 bits per heavy atom. The van der Waals surface area contributed by atoms with E-state index in [-0.39, 0.29) is 11.9 Å². The zero-order chi connectivity index (χ0) is 19.5. The summed E-state index contributed by atoms with van der Waals surface area (Å²) in [6.07, 6.45) is 3.40. The maximum atomic E-state index is 12.7. The SMILES string of the molecule is COc1ccc(CN2CCC(NC(=O)c3occ4cccc(Cl)c34)CC2)cc1. The topological polar surface area (TPSA) is 54.7 Å². The fraction of sp³-hybridized carbons (Fsp3) is 0.318. The molecule has 146 valence electrons. The molecule has 5 nitrogen and oxygen atoms in total. The van der Waals surface area contributed by atoms with Crippen molar-refractivity contribution in [2.24, 2.45) is 0 Å². The molecule has 0 aliphatic carbocycles. The number of piperidine rings is 1. The molecule has 1 amide bonds. The van der Waals surface area contributed by atoms with E-state index in [9.17, 15) is 4.79 Å². The number of furan rings is 1. The third-order valence-electron chi connectivity index (χ3n) is 5.27. The van der Waals surface area contributed by atoms with Crippen molar-refractivity contribution in [3.8, 4) is 5.75 Å². The van der Waals surface area contributed by atoms with Gasteiger partial charge in [0.1, 0.15) is 5.75 Å². The van der Waals surface area contributed by atoms with Gasteiger partial charge in [-0.3, -0.25) is 9.69 Å². The van der Waals surface area contributed by atoms with Gasteiger partial charge < -0.3 is 14.5 Å². The molecule has 2 heterocycles. The molecule has 0 bridgehead atoms. The van der Waals surface area contributed by atoms with E-state index in [0.717, 1.165) is 43.6 Å². The number of carbonyl (C=O) groups is 1.